The third-order valence-corrected chi connectivity index (χ3v) is 3.45. The van der Waals surface area contributed by atoms with Gasteiger partial charge in [-0.1, -0.05) is 18.6 Å². The van der Waals surface area contributed by atoms with Gasteiger partial charge in [-0.15, -0.1) is 12.4 Å². The fraction of sp³-hybridized carbons (Fsp3) is 0.462. The fourth-order valence-corrected chi connectivity index (χ4v) is 2.48. The molecule has 1 atom stereocenters. The Morgan fingerprint density at radius 3 is 2.41 bits per heavy atom. The first-order valence-corrected chi connectivity index (χ1v) is 5.67. The molecule has 0 amide bonds. The largest absolute Gasteiger partial charge is 0.304 e. The topological polar surface area (TPSA) is 29.1 Å². The molecule has 94 valence electrons. The highest BCUT2D eigenvalue weighted by atomic mass is 35.5. The third-order valence-electron chi connectivity index (χ3n) is 3.45. The van der Waals surface area contributed by atoms with Crippen LogP contribution in [-0.4, -0.2) is 12.8 Å². The molecule has 0 unspecified atom stereocenters. The summed E-state index contributed by atoms with van der Waals surface area (Å²) in [6, 6.07) is 6.23. The lowest BCUT2D eigenvalue weighted by Crippen LogP contribution is -2.49. The second kappa shape index (κ2) is 5.61. The number of carbonyl (C=O) groups is 1. The van der Waals surface area contributed by atoms with Gasteiger partial charge in [-0.3, -0.25) is 4.79 Å². The van der Waals surface area contributed by atoms with Crippen molar-refractivity contribution >= 4 is 18.2 Å². The van der Waals surface area contributed by atoms with Crippen molar-refractivity contribution in [2.45, 2.75) is 31.2 Å². The molecule has 1 aliphatic carbocycles. The number of carbonyl (C=O) groups excluding carboxylic acids is 1. The summed E-state index contributed by atoms with van der Waals surface area (Å²) in [7, 11) is 1.80. The molecule has 0 aliphatic heterocycles. The summed E-state index contributed by atoms with van der Waals surface area (Å²) in [6.45, 7) is 0. The van der Waals surface area contributed by atoms with Crippen molar-refractivity contribution in [3.63, 3.8) is 0 Å². The molecule has 1 N–H and O–H groups in total. The SMILES string of the molecule is CN[C@]1(c2ccc(F)cc2)CCCCC1=O.Cl. The van der Waals surface area contributed by atoms with Gasteiger partial charge in [0.15, 0.2) is 5.78 Å². The maximum absolute atomic E-state index is 12.9. The van der Waals surface area contributed by atoms with Crippen LogP contribution in [-0.2, 0) is 10.3 Å². The number of halogens is 2. The van der Waals surface area contributed by atoms with E-state index < -0.39 is 5.54 Å². The lowest BCUT2D eigenvalue weighted by molar-refractivity contribution is -0.127. The molecule has 0 saturated heterocycles. The van der Waals surface area contributed by atoms with E-state index >= 15 is 0 Å². The minimum absolute atomic E-state index is 0. The summed E-state index contributed by atoms with van der Waals surface area (Å²) in [5, 5.41) is 3.13. The molecule has 0 aromatic heterocycles. The van der Waals surface area contributed by atoms with E-state index in [-0.39, 0.29) is 24.0 Å². The Kier molecular flexibility index (Phi) is 4.66. The standard InChI is InChI=1S/C13H16FNO.ClH/c1-15-13(9-3-2-4-12(13)16)10-5-7-11(14)8-6-10;/h5-8,15H,2-4,9H2,1H3;1H/t13-;/m0./s1. The predicted molar refractivity (Wildman–Crippen MR) is 67.9 cm³/mol. The van der Waals surface area contributed by atoms with Crippen molar-refractivity contribution in [2.75, 3.05) is 7.05 Å². The van der Waals surface area contributed by atoms with E-state index in [9.17, 15) is 9.18 Å². The Morgan fingerprint density at radius 1 is 1.24 bits per heavy atom. The molecule has 0 bridgehead atoms. The van der Waals surface area contributed by atoms with Crippen LogP contribution in [0.1, 0.15) is 31.2 Å². The monoisotopic (exact) mass is 257 g/mol. The van der Waals surface area contributed by atoms with Gasteiger partial charge in [0.2, 0.25) is 0 Å². The molecule has 0 radical (unpaired) electrons. The summed E-state index contributed by atoms with van der Waals surface area (Å²) >= 11 is 0. The van der Waals surface area contributed by atoms with Gasteiger partial charge in [-0.05, 0) is 37.6 Å². The maximum Gasteiger partial charge on any atom is 0.157 e. The van der Waals surface area contributed by atoms with Crippen LogP contribution in [0.3, 0.4) is 0 Å². The van der Waals surface area contributed by atoms with Crippen molar-refractivity contribution in [1.29, 1.82) is 0 Å². The molecule has 1 aliphatic rings. The highest BCUT2D eigenvalue weighted by Crippen LogP contribution is 2.34. The number of hydrogen-bond donors (Lipinski definition) is 1. The molecular formula is C13H17ClFNO. The van der Waals surface area contributed by atoms with E-state index in [2.05, 4.69) is 5.32 Å². The summed E-state index contributed by atoms with van der Waals surface area (Å²) in [5.41, 5.74) is 0.285. The highest BCUT2D eigenvalue weighted by molar-refractivity contribution is 5.90. The van der Waals surface area contributed by atoms with Gasteiger partial charge in [0.05, 0.1) is 0 Å². The number of rotatable bonds is 2. The highest BCUT2D eigenvalue weighted by Gasteiger charge is 2.39. The van der Waals surface area contributed by atoms with Gasteiger partial charge >= 0.3 is 0 Å². The number of nitrogens with one attached hydrogen (secondary N) is 1. The van der Waals surface area contributed by atoms with Crippen molar-refractivity contribution in [1.82, 2.24) is 5.32 Å². The maximum atomic E-state index is 12.9. The smallest absolute Gasteiger partial charge is 0.157 e. The number of benzene rings is 1. The number of hydrogen-bond acceptors (Lipinski definition) is 2. The van der Waals surface area contributed by atoms with Crippen molar-refractivity contribution in [2.24, 2.45) is 0 Å². The summed E-state index contributed by atoms with van der Waals surface area (Å²) < 4.78 is 12.9. The lowest BCUT2D eigenvalue weighted by Gasteiger charge is -2.36. The zero-order valence-electron chi connectivity index (χ0n) is 9.83. The summed E-state index contributed by atoms with van der Waals surface area (Å²) in [5.74, 6) is -0.0499. The molecule has 1 saturated carbocycles. The summed E-state index contributed by atoms with van der Waals surface area (Å²) in [6.07, 6.45) is 3.40. The predicted octanol–water partition coefficient (Wildman–Crippen LogP) is 2.81. The molecule has 4 heteroatoms. The Hall–Kier alpha value is -0.930. The minimum atomic E-state index is -0.591. The molecule has 1 fully saturated rings. The molecule has 2 rings (SSSR count). The first-order chi connectivity index (χ1) is 7.69. The van der Waals surface area contributed by atoms with Crippen molar-refractivity contribution in [3.8, 4) is 0 Å². The first kappa shape index (κ1) is 14.1. The van der Waals surface area contributed by atoms with Crippen LogP contribution in [0.25, 0.3) is 0 Å². The Bertz CT molecular complexity index is 393. The van der Waals surface area contributed by atoms with Crippen LogP contribution in [0, 0.1) is 5.82 Å². The minimum Gasteiger partial charge on any atom is -0.304 e. The number of ketones is 1. The zero-order chi connectivity index (χ0) is 11.6. The normalized spacial score (nSPS) is 24.2. The van der Waals surface area contributed by atoms with Crippen molar-refractivity contribution in [3.05, 3.63) is 35.6 Å². The van der Waals surface area contributed by atoms with Gasteiger partial charge < -0.3 is 5.32 Å². The Balaban J connectivity index is 0.00000144. The fourth-order valence-electron chi connectivity index (χ4n) is 2.48. The van der Waals surface area contributed by atoms with Gasteiger partial charge in [-0.2, -0.15) is 0 Å². The molecule has 1 aromatic rings. The van der Waals surface area contributed by atoms with Crippen LogP contribution in [0.15, 0.2) is 24.3 Å². The van der Waals surface area contributed by atoms with Crippen LogP contribution >= 0.6 is 12.4 Å². The first-order valence-electron chi connectivity index (χ1n) is 5.67. The van der Waals surface area contributed by atoms with Crippen LogP contribution in [0.4, 0.5) is 4.39 Å². The van der Waals surface area contributed by atoms with E-state index in [1.165, 1.54) is 12.1 Å². The average molecular weight is 258 g/mol. The van der Waals surface area contributed by atoms with E-state index in [1.54, 1.807) is 19.2 Å². The number of likely N-dealkylation sites (N-methyl/N-ethyl adjacent to an activating group) is 1. The van der Waals surface area contributed by atoms with Gasteiger partial charge in [0.1, 0.15) is 11.4 Å². The Labute approximate surface area is 107 Å². The Morgan fingerprint density at radius 2 is 1.88 bits per heavy atom. The quantitative estimate of drug-likeness (QED) is 0.883. The second-order valence-corrected chi connectivity index (χ2v) is 4.29. The lowest BCUT2D eigenvalue weighted by atomic mass is 9.75. The second-order valence-electron chi connectivity index (χ2n) is 4.29. The van der Waals surface area contributed by atoms with Gasteiger partial charge in [0, 0.05) is 6.42 Å². The number of Topliss-reactive ketones (excluding diaryl/α,β-unsaturated/α-hetero) is 1. The zero-order valence-corrected chi connectivity index (χ0v) is 10.6. The van der Waals surface area contributed by atoms with Gasteiger partial charge in [0.25, 0.3) is 0 Å². The average Bonchev–Trinajstić information content (AvgIpc) is 2.31. The van der Waals surface area contributed by atoms with E-state index in [1.807, 2.05) is 0 Å². The molecule has 0 spiro atoms. The van der Waals surface area contributed by atoms with Crippen LogP contribution in [0.5, 0.6) is 0 Å². The van der Waals surface area contributed by atoms with Crippen molar-refractivity contribution < 1.29 is 9.18 Å². The van der Waals surface area contributed by atoms with Gasteiger partial charge in [-0.25, -0.2) is 4.39 Å². The van der Waals surface area contributed by atoms with Crippen LogP contribution < -0.4 is 5.32 Å². The third kappa shape index (κ3) is 2.50. The molecule has 1 aromatic carbocycles. The summed E-state index contributed by atoms with van der Waals surface area (Å²) in [4.78, 5) is 12.1. The molecular weight excluding hydrogens is 241 g/mol. The van der Waals surface area contributed by atoms with E-state index in [4.69, 9.17) is 0 Å². The molecule has 2 nitrogen and oxygen atoms in total. The van der Waals surface area contributed by atoms with E-state index in [0.717, 1.165) is 24.8 Å². The molecule has 17 heavy (non-hydrogen) atoms. The van der Waals surface area contributed by atoms with Crippen LogP contribution in [0.2, 0.25) is 0 Å². The van der Waals surface area contributed by atoms with E-state index in [0.29, 0.717) is 6.42 Å². The molecule has 0 heterocycles.